The molecule has 1 aromatic rings. The van der Waals surface area contributed by atoms with Gasteiger partial charge in [-0.2, -0.15) is 0 Å². The van der Waals surface area contributed by atoms with E-state index in [0.29, 0.717) is 12.6 Å². The molecule has 0 aromatic heterocycles. The summed E-state index contributed by atoms with van der Waals surface area (Å²) in [6.07, 6.45) is 2.62. The summed E-state index contributed by atoms with van der Waals surface area (Å²) >= 11 is 0. The summed E-state index contributed by atoms with van der Waals surface area (Å²) in [5.74, 6) is 0.965. The van der Waals surface area contributed by atoms with Gasteiger partial charge in [-0.1, -0.05) is 12.1 Å². The highest BCUT2D eigenvalue weighted by atomic mass is 35.5. The standard InChI is InChI=1S/C13H20N2O.2ClH/c1-15-8-6-13(7-9-15)16-12-4-2-11(10-14)3-5-12;;/h2-5,13H,6-10,14H2,1H3;2*1H. The largest absolute Gasteiger partial charge is 0.490 e. The maximum Gasteiger partial charge on any atom is 0.119 e. The number of nitrogens with zero attached hydrogens (tertiary/aromatic N) is 1. The minimum Gasteiger partial charge on any atom is -0.490 e. The van der Waals surface area contributed by atoms with E-state index >= 15 is 0 Å². The van der Waals surface area contributed by atoms with Crippen molar-refractivity contribution in [3.63, 3.8) is 0 Å². The second-order valence-electron chi connectivity index (χ2n) is 4.47. The van der Waals surface area contributed by atoms with E-state index < -0.39 is 0 Å². The summed E-state index contributed by atoms with van der Waals surface area (Å²) in [5.41, 5.74) is 6.70. The molecule has 1 aliphatic heterocycles. The SMILES string of the molecule is CN1CCC(Oc2ccc(CN)cc2)CC1.Cl.Cl. The molecule has 5 heteroatoms. The molecule has 104 valence electrons. The topological polar surface area (TPSA) is 38.5 Å². The lowest BCUT2D eigenvalue weighted by molar-refractivity contribution is 0.114. The van der Waals surface area contributed by atoms with E-state index in [-0.39, 0.29) is 24.8 Å². The Bertz CT molecular complexity index is 324. The quantitative estimate of drug-likeness (QED) is 0.930. The molecular formula is C13H22Cl2N2O. The number of nitrogens with two attached hydrogens (primary N) is 1. The van der Waals surface area contributed by atoms with Crippen LogP contribution in [0.1, 0.15) is 18.4 Å². The van der Waals surface area contributed by atoms with Gasteiger partial charge in [0.2, 0.25) is 0 Å². The molecule has 0 spiro atoms. The van der Waals surface area contributed by atoms with Gasteiger partial charge in [0.05, 0.1) is 0 Å². The van der Waals surface area contributed by atoms with E-state index in [1.54, 1.807) is 0 Å². The lowest BCUT2D eigenvalue weighted by atomic mass is 10.1. The van der Waals surface area contributed by atoms with Crippen molar-refractivity contribution in [1.29, 1.82) is 0 Å². The van der Waals surface area contributed by atoms with Crippen molar-refractivity contribution in [3.05, 3.63) is 29.8 Å². The van der Waals surface area contributed by atoms with E-state index in [0.717, 1.165) is 37.2 Å². The highest BCUT2D eigenvalue weighted by Crippen LogP contribution is 2.18. The first-order valence-corrected chi connectivity index (χ1v) is 5.92. The van der Waals surface area contributed by atoms with Crippen LogP contribution in [-0.2, 0) is 6.54 Å². The molecule has 0 atom stereocenters. The van der Waals surface area contributed by atoms with Crippen LogP contribution in [0.5, 0.6) is 5.75 Å². The molecule has 1 saturated heterocycles. The van der Waals surface area contributed by atoms with E-state index in [1.165, 1.54) is 0 Å². The van der Waals surface area contributed by atoms with Gasteiger partial charge >= 0.3 is 0 Å². The third-order valence-electron chi connectivity index (χ3n) is 3.13. The Morgan fingerprint density at radius 1 is 1.17 bits per heavy atom. The molecule has 2 rings (SSSR count). The first-order valence-electron chi connectivity index (χ1n) is 5.92. The second-order valence-corrected chi connectivity index (χ2v) is 4.47. The molecular weight excluding hydrogens is 271 g/mol. The average molecular weight is 293 g/mol. The molecule has 18 heavy (non-hydrogen) atoms. The number of rotatable bonds is 3. The molecule has 1 aromatic carbocycles. The van der Waals surface area contributed by atoms with Crippen LogP contribution in [0.25, 0.3) is 0 Å². The highest BCUT2D eigenvalue weighted by molar-refractivity contribution is 5.85. The van der Waals surface area contributed by atoms with Crippen molar-refractivity contribution in [3.8, 4) is 5.75 Å². The first kappa shape index (κ1) is 17.5. The van der Waals surface area contributed by atoms with Crippen LogP contribution in [-0.4, -0.2) is 31.1 Å². The van der Waals surface area contributed by atoms with E-state index in [4.69, 9.17) is 10.5 Å². The van der Waals surface area contributed by atoms with Gasteiger partial charge in [-0.05, 0) is 37.6 Å². The minimum atomic E-state index is 0. The predicted molar refractivity (Wildman–Crippen MR) is 80.0 cm³/mol. The highest BCUT2D eigenvalue weighted by Gasteiger charge is 2.17. The summed E-state index contributed by atoms with van der Waals surface area (Å²) in [6, 6.07) is 8.09. The van der Waals surface area contributed by atoms with Gasteiger partial charge in [0, 0.05) is 19.6 Å². The van der Waals surface area contributed by atoms with Crippen molar-refractivity contribution in [1.82, 2.24) is 4.90 Å². The summed E-state index contributed by atoms with van der Waals surface area (Å²) in [6.45, 7) is 2.85. The first-order chi connectivity index (χ1) is 7.78. The third-order valence-corrected chi connectivity index (χ3v) is 3.13. The number of halogens is 2. The van der Waals surface area contributed by atoms with Crippen molar-refractivity contribution >= 4 is 24.8 Å². The zero-order valence-electron chi connectivity index (χ0n) is 10.7. The Morgan fingerprint density at radius 2 is 1.72 bits per heavy atom. The molecule has 0 radical (unpaired) electrons. The number of hydrogen-bond donors (Lipinski definition) is 1. The monoisotopic (exact) mass is 292 g/mol. The summed E-state index contributed by atoms with van der Waals surface area (Å²) in [4.78, 5) is 2.34. The fourth-order valence-corrected chi connectivity index (χ4v) is 2.00. The molecule has 1 aliphatic rings. The van der Waals surface area contributed by atoms with Gasteiger partial charge in [0.15, 0.2) is 0 Å². The van der Waals surface area contributed by atoms with Gasteiger partial charge in [-0.15, -0.1) is 24.8 Å². The number of benzene rings is 1. The molecule has 0 amide bonds. The van der Waals surface area contributed by atoms with Crippen molar-refractivity contribution in [2.75, 3.05) is 20.1 Å². The fourth-order valence-electron chi connectivity index (χ4n) is 2.00. The Balaban J connectivity index is 0.00000144. The van der Waals surface area contributed by atoms with Crippen LogP contribution in [0.15, 0.2) is 24.3 Å². The molecule has 0 unspecified atom stereocenters. The smallest absolute Gasteiger partial charge is 0.119 e. The third kappa shape index (κ3) is 5.02. The normalized spacial score (nSPS) is 16.6. The van der Waals surface area contributed by atoms with Gasteiger partial charge < -0.3 is 15.4 Å². The molecule has 0 bridgehead atoms. The maximum absolute atomic E-state index is 5.94. The van der Waals surface area contributed by atoms with Crippen molar-refractivity contribution < 1.29 is 4.74 Å². The van der Waals surface area contributed by atoms with Crippen LogP contribution in [0, 0.1) is 0 Å². The average Bonchev–Trinajstić information content (AvgIpc) is 2.33. The Kier molecular flexibility index (Phi) is 8.36. The van der Waals surface area contributed by atoms with Crippen LogP contribution in [0.3, 0.4) is 0 Å². The van der Waals surface area contributed by atoms with Gasteiger partial charge in [0.1, 0.15) is 11.9 Å². The van der Waals surface area contributed by atoms with E-state index in [1.807, 2.05) is 24.3 Å². The maximum atomic E-state index is 5.94. The van der Waals surface area contributed by atoms with Crippen LogP contribution in [0.2, 0.25) is 0 Å². The van der Waals surface area contributed by atoms with E-state index in [2.05, 4.69) is 11.9 Å². The molecule has 3 nitrogen and oxygen atoms in total. The molecule has 2 N–H and O–H groups in total. The molecule has 0 aliphatic carbocycles. The number of piperidine rings is 1. The number of likely N-dealkylation sites (tertiary alicyclic amines) is 1. The lowest BCUT2D eigenvalue weighted by Crippen LogP contribution is -2.35. The Morgan fingerprint density at radius 3 is 2.22 bits per heavy atom. The Labute approximate surface area is 121 Å². The van der Waals surface area contributed by atoms with Gasteiger partial charge in [0.25, 0.3) is 0 Å². The van der Waals surface area contributed by atoms with Crippen LogP contribution < -0.4 is 10.5 Å². The summed E-state index contributed by atoms with van der Waals surface area (Å²) in [7, 11) is 2.16. The molecule has 0 saturated carbocycles. The molecule has 1 heterocycles. The number of hydrogen-bond acceptors (Lipinski definition) is 3. The van der Waals surface area contributed by atoms with Crippen molar-refractivity contribution in [2.24, 2.45) is 5.73 Å². The zero-order valence-corrected chi connectivity index (χ0v) is 12.3. The van der Waals surface area contributed by atoms with Gasteiger partial charge in [-0.25, -0.2) is 0 Å². The van der Waals surface area contributed by atoms with Gasteiger partial charge in [-0.3, -0.25) is 0 Å². The zero-order chi connectivity index (χ0) is 11.4. The second kappa shape index (κ2) is 8.59. The Hall–Kier alpha value is -0.480. The van der Waals surface area contributed by atoms with Crippen molar-refractivity contribution in [2.45, 2.75) is 25.5 Å². The summed E-state index contributed by atoms with van der Waals surface area (Å²) < 4.78 is 5.94. The summed E-state index contributed by atoms with van der Waals surface area (Å²) in [5, 5.41) is 0. The predicted octanol–water partition coefficient (Wildman–Crippen LogP) is 2.46. The number of ether oxygens (including phenoxy) is 1. The van der Waals surface area contributed by atoms with Crippen LogP contribution in [0.4, 0.5) is 0 Å². The fraction of sp³-hybridized carbons (Fsp3) is 0.538. The molecule has 1 fully saturated rings. The van der Waals surface area contributed by atoms with Crippen LogP contribution >= 0.6 is 24.8 Å². The van der Waals surface area contributed by atoms with E-state index in [9.17, 15) is 0 Å². The lowest BCUT2D eigenvalue weighted by Gasteiger charge is -2.29. The minimum absolute atomic E-state index is 0.